The number of imide groups is 1. The highest BCUT2D eigenvalue weighted by Gasteiger charge is 2.41. The molecule has 1 aromatic rings. The van der Waals surface area contributed by atoms with Gasteiger partial charge in [0.1, 0.15) is 0 Å². The van der Waals surface area contributed by atoms with Crippen LogP contribution in [0.1, 0.15) is 27.6 Å². The third-order valence-electron chi connectivity index (χ3n) is 2.12. The minimum Gasteiger partial charge on any atom is -0.330 e. The molecule has 0 N–H and O–H groups in total. The van der Waals surface area contributed by atoms with Gasteiger partial charge in [0.15, 0.2) is 0 Å². The molecule has 2 amide bonds. The minimum atomic E-state index is -0.798. The van der Waals surface area contributed by atoms with Gasteiger partial charge in [0.2, 0.25) is 0 Å². The van der Waals surface area contributed by atoms with Crippen LogP contribution in [0.5, 0.6) is 0 Å². The molecule has 0 fully saturated rings. The van der Waals surface area contributed by atoms with Crippen molar-refractivity contribution in [2.45, 2.75) is 6.92 Å². The number of halogens is 2. The number of carbonyl (C=O) groups excluding carboxylic acids is 3. The van der Waals surface area contributed by atoms with E-state index in [0.29, 0.717) is 5.06 Å². The van der Waals surface area contributed by atoms with Gasteiger partial charge >= 0.3 is 5.97 Å². The van der Waals surface area contributed by atoms with Gasteiger partial charge in [0.05, 0.1) is 21.2 Å². The van der Waals surface area contributed by atoms with Gasteiger partial charge in [0.25, 0.3) is 11.8 Å². The summed E-state index contributed by atoms with van der Waals surface area (Å²) in [4.78, 5) is 38.9. The molecule has 88 valence electrons. The van der Waals surface area contributed by atoms with Crippen molar-refractivity contribution in [3.63, 3.8) is 0 Å². The van der Waals surface area contributed by atoms with Crippen LogP contribution in [0.2, 0.25) is 10.0 Å². The molecular formula is C10H5Cl2NO4. The van der Waals surface area contributed by atoms with Crippen molar-refractivity contribution in [1.82, 2.24) is 5.06 Å². The molecule has 1 heterocycles. The fraction of sp³-hybridized carbons (Fsp3) is 0.100. The predicted octanol–water partition coefficient (Wildman–Crippen LogP) is 2.07. The monoisotopic (exact) mass is 273 g/mol. The van der Waals surface area contributed by atoms with Gasteiger partial charge in [-0.3, -0.25) is 9.59 Å². The SMILES string of the molecule is CC(=O)ON1C(=O)c2c(Cl)ccc(Cl)c2C1=O. The van der Waals surface area contributed by atoms with Crippen LogP contribution in [0.25, 0.3) is 0 Å². The maximum Gasteiger partial charge on any atom is 0.330 e. The average molecular weight is 274 g/mol. The fourth-order valence-electron chi connectivity index (χ4n) is 1.48. The molecule has 0 aromatic heterocycles. The zero-order valence-corrected chi connectivity index (χ0v) is 10.0. The summed E-state index contributed by atoms with van der Waals surface area (Å²) in [7, 11) is 0. The summed E-state index contributed by atoms with van der Waals surface area (Å²) >= 11 is 11.6. The van der Waals surface area contributed by atoms with E-state index in [1.54, 1.807) is 0 Å². The second-order valence-electron chi connectivity index (χ2n) is 3.27. The number of fused-ring (bicyclic) bond motifs is 1. The summed E-state index contributed by atoms with van der Waals surface area (Å²) < 4.78 is 0. The quantitative estimate of drug-likeness (QED) is 0.735. The van der Waals surface area contributed by atoms with Crippen molar-refractivity contribution >= 4 is 41.0 Å². The largest absolute Gasteiger partial charge is 0.330 e. The molecule has 5 nitrogen and oxygen atoms in total. The van der Waals surface area contributed by atoms with E-state index in [1.807, 2.05) is 0 Å². The fourth-order valence-corrected chi connectivity index (χ4v) is 1.95. The van der Waals surface area contributed by atoms with Crippen molar-refractivity contribution in [3.05, 3.63) is 33.3 Å². The Kier molecular flexibility index (Phi) is 2.81. The molecule has 7 heteroatoms. The Labute approximate surface area is 106 Å². The molecule has 0 saturated heterocycles. The van der Waals surface area contributed by atoms with Crippen LogP contribution in [0.15, 0.2) is 12.1 Å². The smallest absolute Gasteiger partial charge is 0.330 e. The minimum absolute atomic E-state index is 0.0505. The molecule has 2 rings (SSSR count). The first-order valence-electron chi connectivity index (χ1n) is 4.48. The molecular weight excluding hydrogens is 269 g/mol. The Morgan fingerprint density at radius 2 is 1.53 bits per heavy atom. The second-order valence-corrected chi connectivity index (χ2v) is 4.08. The molecule has 17 heavy (non-hydrogen) atoms. The van der Waals surface area contributed by atoms with E-state index in [0.717, 1.165) is 6.92 Å². The van der Waals surface area contributed by atoms with Crippen molar-refractivity contribution in [1.29, 1.82) is 0 Å². The van der Waals surface area contributed by atoms with Crippen LogP contribution >= 0.6 is 23.2 Å². The number of benzene rings is 1. The molecule has 0 saturated carbocycles. The van der Waals surface area contributed by atoms with E-state index < -0.39 is 17.8 Å². The number of rotatable bonds is 1. The topological polar surface area (TPSA) is 63.7 Å². The molecule has 0 aliphatic carbocycles. The lowest BCUT2D eigenvalue weighted by Gasteiger charge is -2.10. The average Bonchev–Trinajstić information content (AvgIpc) is 2.49. The number of carbonyl (C=O) groups is 3. The summed E-state index contributed by atoms with van der Waals surface area (Å²) in [6.07, 6.45) is 0. The zero-order valence-electron chi connectivity index (χ0n) is 8.49. The third kappa shape index (κ3) is 1.77. The summed E-state index contributed by atoms with van der Waals surface area (Å²) in [5, 5.41) is 0.514. The molecule has 0 spiro atoms. The molecule has 0 atom stereocenters. The van der Waals surface area contributed by atoms with E-state index in [1.165, 1.54) is 12.1 Å². The van der Waals surface area contributed by atoms with Gasteiger partial charge in [0, 0.05) is 6.92 Å². The van der Waals surface area contributed by atoms with Gasteiger partial charge in [-0.1, -0.05) is 28.3 Å². The van der Waals surface area contributed by atoms with Crippen LogP contribution in [-0.4, -0.2) is 22.8 Å². The normalized spacial score (nSPS) is 13.9. The maximum absolute atomic E-state index is 11.8. The lowest BCUT2D eigenvalue weighted by Crippen LogP contribution is -2.31. The van der Waals surface area contributed by atoms with E-state index in [4.69, 9.17) is 23.2 Å². The van der Waals surface area contributed by atoms with E-state index in [9.17, 15) is 14.4 Å². The summed E-state index contributed by atoms with van der Waals surface area (Å²) in [5.74, 6) is -2.38. The van der Waals surface area contributed by atoms with Crippen molar-refractivity contribution in [2.75, 3.05) is 0 Å². The Bertz CT molecular complexity index is 514. The van der Waals surface area contributed by atoms with Gasteiger partial charge in [-0.05, 0) is 12.1 Å². The Morgan fingerprint density at radius 1 is 1.12 bits per heavy atom. The van der Waals surface area contributed by atoms with Crippen LogP contribution in [0.4, 0.5) is 0 Å². The number of hydrogen-bond acceptors (Lipinski definition) is 4. The highest BCUT2D eigenvalue weighted by Crippen LogP contribution is 2.34. The van der Waals surface area contributed by atoms with Gasteiger partial charge in [-0.2, -0.15) is 0 Å². The van der Waals surface area contributed by atoms with Crippen molar-refractivity contribution < 1.29 is 19.2 Å². The first-order valence-corrected chi connectivity index (χ1v) is 5.24. The zero-order chi connectivity index (χ0) is 12.7. The van der Waals surface area contributed by atoms with Crippen LogP contribution in [0.3, 0.4) is 0 Å². The van der Waals surface area contributed by atoms with Crippen molar-refractivity contribution in [3.8, 4) is 0 Å². The third-order valence-corrected chi connectivity index (χ3v) is 2.75. The predicted molar refractivity (Wildman–Crippen MR) is 58.7 cm³/mol. The highest BCUT2D eigenvalue weighted by molar-refractivity contribution is 6.41. The van der Waals surface area contributed by atoms with Crippen LogP contribution in [0, 0.1) is 0 Å². The molecule has 0 bridgehead atoms. The van der Waals surface area contributed by atoms with E-state index >= 15 is 0 Å². The Hall–Kier alpha value is -1.59. The van der Waals surface area contributed by atoms with Gasteiger partial charge in [-0.15, -0.1) is 0 Å². The van der Waals surface area contributed by atoms with E-state index in [-0.39, 0.29) is 21.2 Å². The summed E-state index contributed by atoms with van der Waals surface area (Å²) in [6.45, 7) is 1.08. The van der Waals surface area contributed by atoms with Crippen LogP contribution < -0.4 is 0 Å². The van der Waals surface area contributed by atoms with Crippen molar-refractivity contribution in [2.24, 2.45) is 0 Å². The molecule has 1 aliphatic heterocycles. The number of hydroxylamine groups is 2. The van der Waals surface area contributed by atoms with Gasteiger partial charge < -0.3 is 4.84 Å². The molecule has 1 aliphatic rings. The Morgan fingerprint density at radius 3 is 1.88 bits per heavy atom. The first-order chi connectivity index (χ1) is 7.93. The molecule has 0 radical (unpaired) electrons. The first kappa shape index (κ1) is 11.9. The van der Waals surface area contributed by atoms with Gasteiger partial charge in [-0.25, -0.2) is 4.79 Å². The standard InChI is InChI=1S/C10H5Cl2NO4/c1-4(14)17-13-9(15)7-5(11)2-3-6(12)8(7)10(13)16/h2-3H,1H3. The number of hydrogen-bond donors (Lipinski definition) is 0. The number of amides is 2. The highest BCUT2D eigenvalue weighted by atomic mass is 35.5. The van der Waals surface area contributed by atoms with E-state index in [2.05, 4.69) is 4.84 Å². The summed E-state index contributed by atoms with van der Waals surface area (Å²) in [6, 6.07) is 2.79. The molecule has 0 unspecified atom stereocenters. The summed E-state index contributed by atoms with van der Waals surface area (Å²) in [5.41, 5.74) is -0.101. The second kappa shape index (κ2) is 4.01. The number of nitrogens with zero attached hydrogens (tertiary/aromatic N) is 1. The molecule has 1 aromatic carbocycles. The lowest BCUT2D eigenvalue weighted by atomic mass is 10.1. The Balaban J connectivity index is 2.56. The maximum atomic E-state index is 11.8. The lowest BCUT2D eigenvalue weighted by molar-refractivity contribution is -0.165. The van der Waals surface area contributed by atoms with Crippen LogP contribution in [-0.2, 0) is 9.63 Å².